The molecule has 0 unspecified atom stereocenters. The van der Waals surface area contributed by atoms with Gasteiger partial charge in [-0.15, -0.1) is 0 Å². The Kier molecular flexibility index (Phi) is 5.20. The fraction of sp³-hybridized carbons (Fsp3) is 0.654. The molecule has 0 aromatic carbocycles. The van der Waals surface area contributed by atoms with Crippen LogP contribution in [0.5, 0.6) is 0 Å². The number of rotatable bonds is 5. The van der Waals surface area contributed by atoms with Crippen molar-refractivity contribution in [1.82, 2.24) is 24.9 Å². The first-order chi connectivity index (χ1) is 16.0. The van der Waals surface area contributed by atoms with Gasteiger partial charge in [0.15, 0.2) is 0 Å². The Morgan fingerprint density at radius 3 is 2.36 bits per heavy atom. The van der Waals surface area contributed by atoms with E-state index in [1.54, 1.807) is 10.6 Å². The Morgan fingerprint density at radius 2 is 1.70 bits per heavy atom. The zero-order valence-electron chi connectivity index (χ0n) is 19.6. The van der Waals surface area contributed by atoms with Crippen molar-refractivity contribution in [2.75, 3.05) is 26.7 Å². The van der Waals surface area contributed by atoms with Crippen molar-refractivity contribution in [3.8, 4) is 0 Å². The van der Waals surface area contributed by atoms with Gasteiger partial charge in [-0.2, -0.15) is 0 Å². The van der Waals surface area contributed by atoms with Gasteiger partial charge in [0.2, 0.25) is 0 Å². The summed E-state index contributed by atoms with van der Waals surface area (Å²) in [7, 11) is 2.11. The molecule has 3 heterocycles. The molecule has 1 saturated heterocycles. The van der Waals surface area contributed by atoms with E-state index in [4.69, 9.17) is 0 Å². The highest BCUT2D eigenvalue weighted by Crippen LogP contribution is 2.59. The van der Waals surface area contributed by atoms with Gasteiger partial charge in [-0.1, -0.05) is 6.07 Å². The Labute approximate surface area is 195 Å². The largest absolute Gasteiger partial charge is 0.350 e. The average Bonchev–Trinajstić information content (AvgIpc) is 3.23. The zero-order chi connectivity index (χ0) is 22.6. The molecular formula is C26H35N5O2. The topological polar surface area (TPSA) is 78.7 Å². The molecule has 2 aromatic rings. The number of likely N-dealkylation sites (tertiary alicyclic amines) is 1. The van der Waals surface area contributed by atoms with E-state index >= 15 is 0 Å². The van der Waals surface area contributed by atoms with E-state index in [-0.39, 0.29) is 17.9 Å². The molecule has 1 aliphatic heterocycles. The predicted molar refractivity (Wildman–Crippen MR) is 126 cm³/mol. The molecule has 4 aliphatic carbocycles. The maximum atomic E-state index is 13.2. The zero-order valence-corrected chi connectivity index (χ0v) is 19.6. The second kappa shape index (κ2) is 8.12. The van der Waals surface area contributed by atoms with Gasteiger partial charge in [0.25, 0.3) is 11.8 Å². The molecule has 5 aliphatic rings. The minimum Gasteiger partial charge on any atom is -0.350 e. The molecule has 0 spiro atoms. The first-order valence-electron chi connectivity index (χ1n) is 12.7. The molecule has 7 rings (SSSR count). The number of aromatic nitrogens is 2. The van der Waals surface area contributed by atoms with Crippen LogP contribution in [0.25, 0.3) is 5.65 Å². The first kappa shape index (κ1) is 21.1. The van der Waals surface area contributed by atoms with Crippen LogP contribution in [0, 0.1) is 23.2 Å². The number of nitrogens with one attached hydrogen (secondary N) is 2. The Morgan fingerprint density at radius 1 is 1.03 bits per heavy atom. The summed E-state index contributed by atoms with van der Waals surface area (Å²) in [6, 6.07) is 5.70. The van der Waals surface area contributed by atoms with Gasteiger partial charge >= 0.3 is 0 Å². The molecule has 33 heavy (non-hydrogen) atoms. The fourth-order valence-electron chi connectivity index (χ4n) is 7.58. The molecule has 4 saturated carbocycles. The summed E-state index contributed by atoms with van der Waals surface area (Å²) in [5.74, 6) is 2.38. The fourth-order valence-corrected chi connectivity index (χ4v) is 7.58. The normalized spacial score (nSPS) is 31.7. The Bertz CT molecular complexity index is 1030. The third kappa shape index (κ3) is 4.05. The summed E-state index contributed by atoms with van der Waals surface area (Å²) in [6.45, 7) is 2.75. The minimum absolute atomic E-state index is 0.0731. The highest BCUT2D eigenvalue weighted by molar-refractivity contribution is 5.95. The van der Waals surface area contributed by atoms with E-state index in [1.807, 2.05) is 18.2 Å². The first-order valence-corrected chi connectivity index (χ1v) is 12.7. The summed E-state index contributed by atoms with van der Waals surface area (Å²) in [6.07, 6.45) is 11.7. The molecule has 2 N–H and O–H groups in total. The summed E-state index contributed by atoms with van der Waals surface area (Å²) >= 11 is 0. The van der Waals surface area contributed by atoms with Crippen LogP contribution in [0.1, 0.15) is 72.3 Å². The summed E-state index contributed by atoms with van der Waals surface area (Å²) < 4.78 is 1.76. The smallest absolute Gasteiger partial charge is 0.271 e. The number of hydrogen-bond donors (Lipinski definition) is 2. The maximum absolute atomic E-state index is 13.2. The molecule has 5 fully saturated rings. The van der Waals surface area contributed by atoms with Crippen LogP contribution in [-0.4, -0.2) is 58.8 Å². The molecule has 7 heteroatoms. The van der Waals surface area contributed by atoms with E-state index in [0.717, 1.165) is 50.2 Å². The van der Waals surface area contributed by atoms with Crippen LogP contribution < -0.4 is 10.6 Å². The third-order valence-electron chi connectivity index (χ3n) is 8.80. The van der Waals surface area contributed by atoms with E-state index < -0.39 is 0 Å². The van der Waals surface area contributed by atoms with Crippen molar-refractivity contribution in [3.05, 3.63) is 35.8 Å². The number of piperidine rings is 1. The van der Waals surface area contributed by atoms with Crippen LogP contribution in [0.15, 0.2) is 24.4 Å². The SMILES string of the molecule is CN1CCC(NC(=O)c2cn3c(C(=O)NCC45CC6CC(CC(C6)C4)C5)cccc3n2)CC1. The number of amides is 2. The van der Waals surface area contributed by atoms with Gasteiger partial charge in [-0.3, -0.25) is 14.0 Å². The molecular weight excluding hydrogens is 414 g/mol. The number of pyridine rings is 1. The van der Waals surface area contributed by atoms with Gasteiger partial charge in [0, 0.05) is 18.8 Å². The van der Waals surface area contributed by atoms with Gasteiger partial charge in [0.05, 0.1) is 0 Å². The predicted octanol–water partition coefficient (Wildman–Crippen LogP) is 3.10. The second-order valence-corrected chi connectivity index (χ2v) is 11.4. The van der Waals surface area contributed by atoms with Crippen molar-refractivity contribution in [2.24, 2.45) is 23.2 Å². The number of hydrogen-bond acceptors (Lipinski definition) is 4. The molecule has 0 radical (unpaired) electrons. The highest BCUT2D eigenvalue weighted by atomic mass is 16.2. The van der Waals surface area contributed by atoms with E-state index in [2.05, 4.69) is 27.6 Å². The van der Waals surface area contributed by atoms with Gasteiger partial charge in [-0.25, -0.2) is 4.98 Å². The van der Waals surface area contributed by atoms with Crippen LogP contribution in [-0.2, 0) is 0 Å². The number of carbonyl (C=O) groups is 2. The van der Waals surface area contributed by atoms with Crippen LogP contribution in [0.3, 0.4) is 0 Å². The van der Waals surface area contributed by atoms with Crippen molar-refractivity contribution in [1.29, 1.82) is 0 Å². The molecule has 4 bridgehead atoms. The lowest BCUT2D eigenvalue weighted by Gasteiger charge is -2.56. The number of fused-ring (bicyclic) bond motifs is 1. The van der Waals surface area contributed by atoms with Crippen LogP contribution in [0.4, 0.5) is 0 Å². The van der Waals surface area contributed by atoms with Gasteiger partial charge in [0.1, 0.15) is 17.0 Å². The molecule has 7 nitrogen and oxygen atoms in total. The Balaban J connectivity index is 1.15. The summed E-state index contributed by atoms with van der Waals surface area (Å²) in [5, 5.41) is 6.39. The molecule has 176 valence electrons. The number of imidazole rings is 1. The van der Waals surface area contributed by atoms with E-state index in [0.29, 0.717) is 22.5 Å². The summed E-state index contributed by atoms with van der Waals surface area (Å²) in [5.41, 5.74) is 1.84. The molecule has 2 amide bonds. The van der Waals surface area contributed by atoms with Gasteiger partial charge < -0.3 is 15.5 Å². The van der Waals surface area contributed by atoms with Crippen molar-refractivity contribution < 1.29 is 9.59 Å². The summed E-state index contributed by atoms with van der Waals surface area (Å²) in [4.78, 5) is 32.8. The van der Waals surface area contributed by atoms with Crippen LogP contribution >= 0.6 is 0 Å². The quantitative estimate of drug-likeness (QED) is 0.735. The van der Waals surface area contributed by atoms with Crippen molar-refractivity contribution >= 4 is 17.5 Å². The van der Waals surface area contributed by atoms with E-state index in [9.17, 15) is 9.59 Å². The maximum Gasteiger partial charge on any atom is 0.271 e. The minimum atomic E-state index is -0.159. The lowest BCUT2D eigenvalue weighted by atomic mass is 9.49. The number of carbonyl (C=O) groups excluding carboxylic acids is 2. The average molecular weight is 450 g/mol. The standard InChI is InChI=1S/C26H35N5O2/c1-30-7-5-20(6-8-30)28-24(32)21-15-31-22(3-2-4-23(31)29-21)25(33)27-16-26-12-17-9-18(13-26)11-19(10-17)14-26/h2-4,15,17-20H,5-14,16H2,1H3,(H,27,33)(H,28,32). The highest BCUT2D eigenvalue weighted by Gasteiger charge is 2.50. The molecule has 0 atom stereocenters. The van der Waals surface area contributed by atoms with Crippen LogP contribution in [0.2, 0.25) is 0 Å². The third-order valence-corrected chi connectivity index (χ3v) is 8.80. The lowest BCUT2D eigenvalue weighted by Crippen LogP contribution is -2.51. The Hall–Kier alpha value is -2.41. The van der Waals surface area contributed by atoms with Gasteiger partial charge in [-0.05, 0) is 107 Å². The number of nitrogens with zero attached hydrogens (tertiary/aromatic N) is 3. The lowest BCUT2D eigenvalue weighted by molar-refractivity contribution is -0.0503. The van der Waals surface area contributed by atoms with Crippen molar-refractivity contribution in [2.45, 2.75) is 57.4 Å². The molecule has 2 aromatic heterocycles. The van der Waals surface area contributed by atoms with Crippen molar-refractivity contribution in [3.63, 3.8) is 0 Å². The monoisotopic (exact) mass is 449 g/mol. The second-order valence-electron chi connectivity index (χ2n) is 11.4. The van der Waals surface area contributed by atoms with E-state index in [1.165, 1.54) is 38.5 Å².